The molecule has 2 saturated heterocycles. The molecular formula is C21H35N3O3. The average molecular weight is 378 g/mol. The van der Waals surface area contributed by atoms with E-state index in [0.29, 0.717) is 5.75 Å². The second kappa shape index (κ2) is 9.62. The van der Waals surface area contributed by atoms with Crippen molar-refractivity contribution in [2.45, 2.75) is 32.4 Å². The SMILES string of the molecule is CCN1CCN(C2CCN(Cc3cc(OC)c(OC)c(OC)c3)CC2)CC1. The van der Waals surface area contributed by atoms with Crippen LogP contribution in [0.1, 0.15) is 25.3 Å². The van der Waals surface area contributed by atoms with Crippen LogP contribution < -0.4 is 14.2 Å². The predicted molar refractivity (Wildman–Crippen MR) is 108 cm³/mol. The Balaban J connectivity index is 1.55. The number of benzene rings is 1. The van der Waals surface area contributed by atoms with Crippen LogP contribution in [0.3, 0.4) is 0 Å². The van der Waals surface area contributed by atoms with Gasteiger partial charge in [0.15, 0.2) is 11.5 Å². The number of nitrogens with zero attached hydrogens (tertiary/aromatic N) is 3. The highest BCUT2D eigenvalue weighted by atomic mass is 16.5. The first kappa shape index (κ1) is 20.2. The Bertz CT molecular complexity index is 569. The molecule has 0 spiro atoms. The molecule has 0 unspecified atom stereocenters. The van der Waals surface area contributed by atoms with Gasteiger partial charge in [-0.05, 0) is 50.2 Å². The van der Waals surface area contributed by atoms with E-state index in [2.05, 4.69) is 33.8 Å². The summed E-state index contributed by atoms with van der Waals surface area (Å²) in [4.78, 5) is 7.80. The van der Waals surface area contributed by atoms with Gasteiger partial charge in [-0.15, -0.1) is 0 Å². The van der Waals surface area contributed by atoms with Crippen LogP contribution in [0.15, 0.2) is 12.1 Å². The number of rotatable bonds is 7. The van der Waals surface area contributed by atoms with Gasteiger partial charge in [-0.2, -0.15) is 0 Å². The second-order valence-electron chi connectivity index (χ2n) is 7.51. The van der Waals surface area contributed by atoms with Gasteiger partial charge in [0.25, 0.3) is 0 Å². The standard InChI is InChI=1S/C21H35N3O3/c1-5-22-10-12-24(13-11-22)18-6-8-23(9-7-18)16-17-14-19(25-2)21(27-4)20(15-17)26-3/h14-15,18H,5-13,16H2,1-4H3. The minimum atomic E-state index is 0.661. The van der Waals surface area contributed by atoms with Crippen molar-refractivity contribution in [1.82, 2.24) is 14.7 Å². The monoisotopic (exact) mass is 377 g/mol. The lowest BCUT2D eigenvalue weighted by atomic mass is 10.0. The van der Waals surface area contributed by atoms with E-state index in [1.807, 2.05) is 0 Å². The number of piperazine rings is 1. The van der Waals surface area contributed by atoms with Crippen molar-refractivity contribution in [3.8, 4) is 17.2 Å². The van der Waals surface area contributed by atoms with Gasteiger partial charge in [0.05, 0.1) is 21.3 Å². The Morgan fingerprint density at radius 3 is 1.89 bits per heavy atom. The highest BCUT2D eigenvalue weighted by Crippen LogP contribution is 2.38. The molecule has 6 heteroatoms. The lowest BCUT2D eigenvalue weighted by molar-refractivity contribution is 0.0593. The van der Waals surface area contributed by atoms with Gasteiger partial charge >= 0.3 is 0 Å². The van der Waals surface area contributed by atoms with E-state index in [4.69, 9.17) is 14.2 Å². The molecule has 6 nitrogen and oxygen atoms in total. The van der Waals surface area contributed by atoms with Crippen molar-refractivity contribution < 1.29 is 14.2 Å². The summed E-state index contributed by atoms with van der Waals surface area (Å²) in [5.74, 6) is 2.12. The van der Waals surface area contributed by atoms with Crippen molar-refractivity contribution in [1.29, 1.82) is 0 Å². The van der Waals surface area contributed by atoms with E-state index < -0.39 is 0 Å². The molecule has 0 aliphatic carbocycles. The maximum Gasteiger partial charge on any atom is 0.203 e. The lowest BCUT2D eigenvalue weighted by Gasteiger charge is -2.42. The van der Waals surface area contributed by atoms with Gasteiger partial charge < -0.3 is 19.1 Å². The van der Waals surface area contributed by atoms with Crippen LogP contribution in [0.25, 0.3) is 0 Å². The molecule has 2 heterocycles. The number of likely N-dealkylation sites (tertiary alicyclic amines) is 1. The first-order chi connectivity index (χ1) is 13.2. The van der Waals surface area contributed by atoms with Crippen LogP contribution in [-0.2, 0) is 6.54 Å². The fourth-order valence-corrected chi connectivity index (χ4v) is 4.37. The maximum absolute atomic E-state index is 5.49. The van der Waals surface area contributed by atoms with Crippen LogP contribution >= 0.6 is 0 Å². The zero-order valence-electron chi connectivity index (χ0n) is 17.4. The molecule has 152 valence electrons. The fraction of sp³-hybridized carbons (Fsp3) is 0.714. The summed E-state index contributed by atoms with van der Waals surface area (Å²) >= 11 is 0. The van der Waals surface area contributed by atoms with Crippen LogP contribution in [0.4, 0.5) is 0 Å². The highest BCUT2D eigenvalue weighted by Gasteiger charge is 2.27. The summed E-state index contributed by atoms with van der Waals surface area (Å²) < 4.78 is 16.4. The largest absolute Gasteiger partial charge is 0.493 e. The number of likely N-dealkylation sites (N-methyl/N-ethyl adjacent to an activating group) is 1. The minimum absolute atomic E-state index is 0.661. The van der Waals surface area contributed by atoms with Crippen molar-refractivity contribution >= 4 is 0 Å². The van der Waals surface area contributed by atoms with Gasteiger partial charge in [-0.3, -0.25) is 9.80 Å². The molecular weight excluding hydrogens is 342 g/mol. The fourth-order valence-electron chi connectivity index (χ4n) is 4.37. The van der Waals surface area contributed by atoms with Crippen molar-refractivity contribution in [3.63, 3.8) is 0 Å². The topological polar surface area (TPSA) is 37.4 Å². The van der Waals surface area contributed by atoms with Gasteiger partial charge in [-0.1, -0.05) is 6.92 Å². The summed E-state index contributed by atoms with van der Waals surface area (Å²) in [5, 5.41) is 0. The van der Waals surface area contributed by atoms with Crippen LogP contribution in [0.5, 0.6) is 17.2 Å². The quantitative estimate of drug-likeness (QED) is 0.726. The molecule has 0 radical (unpaired) electrons. The van der Waals surface area contributed by atoms with E-state index in [0.717, 1.165) is 37.2 Å². The lowest BCUT2D eigenvalue weighted by Crippen LogP contribution is -2.52. The Kier molecular flexibility index (Phi) is 7.21. The van der Waals surface area contributed by atoms with E-state index in [9.17, 15) is 0 Å². The second-order valence-corrected chi connectivity index (χ2v) is 7.51. The third-order valence-electron chi connectivity index (χ3n) is 6.06. The number of ether oxygens (including phenoxy) is 3. The molecule has 1 aromatic rings. The van der Waals surface area contributed by atoms with Crippen LogP contribution in [-0.4, -0.2) is 87.9 Å². The average Bonchev–Trinajstić information content (AvgIpc) is 2.73. The molecule has 0 aromatic heterocycles. The van der Waals surface area contributed by atoms with Gasteiger partial charge in [-0.25, -0.2) is 0 Å². The zero-order valence-corrected chi connectivity index (χ0v) is 17.4. The van der Waals surface area contributed by atoms with Crippen molar-refractivity contribution in [3.05, 3.63) is 17.7 Å². The van der Waals surface area contributed by atoms with Crippen LogP contribution in [0, 0.1) is 0 Å². The molecule has 3 rings (SSSR count). The number of piperidine rings is 1. The third kappa shape index (κ3) is 4.86. The van der Waals surface area contributed by atoms with Gasteiger partial charge in [0, 0.05) is 38.8 Å². The maximum atomic E-state index is 5.49. The van der Waals surface area contributed by atoms with Gasteiger partial charge in [0.2, 0.25) is 5.75 Å². The first-order valence-corrected chi connectivity index (χ1v) is 10.2. The Labute approximate surface area is 164 Å². The summed E-state index contributed by atoms with van der Waals surface area (Å²) in [6.07, 6.45) is 2.52. The number of hydrogen-bond donors (Lipinski definition) is 0. The van der Waals surface area contributed by atoms with Gasteiger partial charge in [0.1, 0.15) is 0 Å². The smallest absolute Gasteiger partial charge is 0.203 e. The summed E-state index contributed by atoms with van der Waals surface area (Å²) in [6.45, 7) is 11.6. The minimum Gasteiger partial charge on any atom is -0.493 e. The van der Waals surface area contributed by atoms with E-state index in [1.54, 1.807) is 21.3 Å². The summed E-state index contributed by atoms with van der Waals surface area (Å²) in [5.41, 5.74) is 1.21. The molecule has 2 aliphatic rings. The van der Waals surface area contributed by atoms with Crippen LogP contribution in [0.2, 0.25) is 0 Å². The Morgan fingerprint density at radius 2 is 1.41 bits per heavy atom. The van der Waals surface area contributed by atoms with Crippen molar-refractivity contribution in [2.75, 3.05) is 67.1 Å². The first-order valence-electron chi connectivity index (χ1n) is 10.2. The molecule has 0 amide bonds. The van der Waals surface area contributed by atoms with E-state index in [-0.39, 0.29) is 0 Å². The molecule has 2 aliphatic heterocycles. The number of methoxy groups -OCH3 is 3. The van der Waals surface area contributed by atoms with E-state index in [1.165, 1.54) is 51.1 Å². The normalized spacial score (nSPS) is 20.6. The third-order valence-corrected chi connectivity index (χ3v) is 6.06. The Hall–Kier alpha value is -1.50. The van der Waals surface area contributed by atoms with Crippen molar-refractivity contribution in [2.24, 2.45) is 0 Å². The zero-order chi connectivity index (χ0) is 19.2. The summed E-state index contributed by atoms with van der Waals surface area (Å²) in [6, 6.07) is 4.88. The highest BCUT2D eigenvalue weighted by molar-refractivity contribution is 5.53. The van der Waals surface area contributed by atoms with E-state index >= 15 is 0 Å². The number of hydrogen-bond acceptors (Lipinski definition) is 6. The molecule has 0 bridgehead atoms. The molecule has 27 heavy (non-hydrogen) atoms. The summed E-state index contributed by atoms with van der Waals surface area (Å²) in [7, 11) is 4.99. The molecule has 0 saturated carbocycles. The predicted octanol–water partition coefficient (Wildman–Crippen LogP) is 2.31. The Morgan fingerprint density at radius 1 is 0.815 bits per heavy atom. The molecule has 0 N–H and O–H groups in total. The molecule has 0 atom stereocenters. The molecule has 1 aromatic carbocycles. The molecule has 2 fully saturated rings.